The van der Waals surface area contributed by atoms with Crippen LogP contribution in [0.3, 0.4) is 0 Å². The summed E-state index contributed by atoms with van der Waals surface area (Å²) < 4.78 is 5.41. The van der Waals surface area contributed by atoms with Gasteiger partial charge in [-0.2, -0.15) is 0 Å². The van der Waals surface area contributed by atoms with Crippen molar-refractivity contribution in [3.63, 3.8) is 0 Å². The monoisotopic (exact) mass is 267 g/mol. The topological polar surface area (TPSA) is 104 Å². The number of carbonyl (C=O) groups is 2. The Bertz CT molecular complexity index is 446. The highest BCUT2D eigenvalue weighted by molar-refractivity contribution is 5.86. The second kappa shape index (κ2) is 5.83. The fraction of sp³-hybridized carbons (Fsp3) is 0.583. The van der Waals surface area contributed by atoms with E-state index in [1.807, 2.05) is 6.92 Å². The molecule has 2 heterocycles. The Labute approximate surface area is 110 Å². The molecule has 1 fully saturated rings. The number of nitrogens with one attached hydrogen (secondary N) is 2. The Balaban J connectivity index is 1.93. The second-order valence-corrected chi connectivity index (χ2v) is 4.69. The van der Waals surface area contributed by atoms with Crippen molar-refractivity contribution in [2.24, 2.45) is 0 Å². The Morgan fingerprint density at radius 2 is 2.42 bits per heavy atom. The van der Waals surface area contributed by atoms with Gasteiger partial charge in [0.2, 0.25) is 5.91 Å². The fourth-order valence-corrected chi connectivity index (χ4v) is 2.08. The van der Waals surface area contributed by atoms with Gasteiger partial charge in [-0.25, -0.2) is 9.78 Å². The van der Waals surface area contributed by atoms with Crippen LogP contribution < -0.4 is 5.32 Å². The lowest BCUT2D eigenvalue weighted by Crippen LogP contribution is -2.46. The van der Waals surface area contributed by atoms with Crippen molar-refractivity contribution in [1.29, 1.82) is 0 Å². The van der Waals surface area contributed by atoms with Crippen LogP contribution in [0.15, 0.2) is 12.5 Å². The molecule has 1 aliphatic heterocycles. The maximum Gasteiger partial charge on any atom is 0.326 e. The summed E-state index contributed by atoms with van der Waals surface area (Å²) >= 11 is 0. The standard InChI is InChI=1S/C12H17N3O4/c1-7-2-3-10(19-7)11(16)15-9(12(17)18)4-8-5-13-6-14-8/h5-7,9-10H,2-4H2,1H3,(H,13,14)(H,15,16)(H,17,18). The minimum absolute atomic E-state index is 0.0478. The third kappa shape index (κ3) is 3.54. The van der Waals surface area contributed by atoms with Gasteiger partial charge in [0, 0.05) is 18.3 Å². The van der Waals surface area contributed by atoms with Crippen molar-refractivity contribution in [3.8, 4) is 0 Å². The Kier molecular flexibility index (Phi) is 4.16. The summed E-state index contributed by atoms with van der Waals surface area (Å²) in [7, 11) is 0. The van der Waals surface area contributed by atoms with Crippen molar-refractivity contribution in [1.82, 2.24) is 15.3 Å². The number of amides is 1. The van der Waals surface area contributed by atoms with Crippen LogP contribution in [0.5, 0.6) is 0 Å². The number of aromatic amines is 1. The van der Waals surface area contributed by atoms with Crippen LogP contribution in [0.25, 0.3) is 0 Å². The van der Waals surface area contributed by atoms with E-state index in [-0.39, 0.29) is 18.4 Å². The first kappa shape index (κ1) is 13.5. The molecule has 2 rings (SSSR count). The summed E-state index contributed by atoms with van der Waals surface area (Å²) in [5, 5.41) is 11.6. The summed E-state index contributed by atoms with van der Waals surface area (Å²) in [5.41, 5.74) is 0.661. The number of H-pyrrole nitrogens is 1. The summed E-state index contributed by atoms with van der Waals surface area (Å²) in [6, 6.07) is -0.979. The van der Waals surface area contributed by atoms with Crippen molar-refractivity contribution in [2.75, 3.05) is 0 Å². The zero-order chi connectivity index (χ0) is 13.8. The predicted octanol–water partition coefficient (Wildman–Crippen LogP) is 0.0891. The zero-order valence-electron chi connectivity index (χ0n) is 10.6. The lowest BCUT2D eigenvalue weighted by Gasteiger charge is -2.17. The van der Waals surface area contributed by atoms with E-state index in [0.29, 0.717) is 12.1 Å². The van der Waals surface area contributed by atoms with Gasteiger partial charge in [-0.1, -0.05) is 0 Å². The molecule has 1 aromatic heterocycles. The van der Waals surface area contributed by atoms with E-state index in [0.717, 1.165) is 6.42 Å². The summed E-state index contributed by atoms with van der Waals surface area (Å²) in [5.74, 6) is -1.44. The molecule has 19 heavy (non-hydrogen) atoms. The number of aliphatic carboxylic acids is 1. The number of carboxylic acids is 1. The molecule has 1 saturated heterocycles. The first-order valence-electron chi connectivity index (χ1n) is 6.22. The van der Waals surface area contributed by atoms with Crippen LogP contribution in [0.2, 0.25) is 0 Å². The lowest BCUT2D eigenvalue weighted by atomic mass is 10.1. The van der Waals surface area contributed by atoms with Crippen LogP contribution in [-0.4, -0.2) is 45.2 Å². The van der Waals surface area contributed by atoms with E-state index < -0.39 is 18.1 Å². The van der Waals surface area contributed by atoms with Crippen LogP contribution in [0, 0.1) is 0 Å². The molecule has 0 radical (unpaired) electrons. The summed E-state index contributed by atoms with van der Waals surface area (Å²) in [6.45, 7) is 1.90. The molecule has 0 aliphatic carbocycles. The maximum atomic E-state index is 11.9. The van der Waals surface area contributed by atoms with Gasteiger partial charge in [0.15, 0.2) is 0 Å². The average Bonchev–Trinajstić information content (AvgIpc) is 2.99. The van der Waals surface area contributed by atoms with Gasteiger partial charge in [-0.3, -0.25) is 4.79 Å². The van der Waals surface area contributed by atoms with Crippen molar-refractivity contribution in [2.45, 2.75) is 44.4 Å². The fourth-order valence-electron chi connectivity index (χ4n) is 2.08. The third-order valence-electron chi connectivity index (χ3n) is 3.12. The van der Waals surface area contributed by atoms with E-state index in [9.17, 15) is 9.59 Å². The van der Waals surface area contributed by atoms with Crippen molar-refractivity contribution in [3.05, 3.63) is 18.2 Å². The molecular weight excluding hydrogens is 250 g/mol. The van der Waals surface area contributed by atoms with Gasteiger partial charge >= 0.3 is 5.97 Å². The summed E-state index contributed by atoms with van der Waals surface area (Å²) in [6.07, 6.45) is 4.13. The molecule has 0 spiro atoms. The number of imidazole rings is 1. The molecule has 1 aliphatic rings. The molecular formula is C12H17N3O4. The van der Waals surface area contributed by atoms with E-state index >= 15 is 0 Å². The third-order valence-corrected chi connectivity index (χ3v) is 3.12. The van der Waals surface area contributed by atoms with Gasteiger partial charge in [-0.05, 0) is 19.8 Å². The number of ether oxygens (including phenoxy) is 1. The Morgan fingerprint density at radius 3 is 2.95 bits per heavy atom. The number of hydrogen-bond acceptors (Lipinski definition) is 4. The average molecular weight is 267 g/mol. The summed E-state index contributed by atoms with van der Waals surface area (Å²) in [4.78, 5) is 29.7. The second-order valence-electron chi connectivity index (χ2n) is 4.69. The van der Waals surface area contributed by atoms with Gasteiger partial charge in [0.05, 0.1) is 12.4 Å². The molecule has 3 N–H and O–H groups in total. The number of carboxylic acid groups (broad SMARTS) is 1. The van der Waals surface area contributed by atoms with Gasteiger partial charge in [-0.15, -0.1) is 0 Å². The number of carbonyl (C=O) groups excluding carboxylic acids is 1. The Morgan fingerprint density at radius 1 is 1.63 bits per heavy atom. The van der Waals surface area contributed by atoms with Crippen molar-refractivity contribution >= 4 is 11.9 Å². The number of aromatic nitrogens is 2. The Hall–Kier alpha value is -1.89. The number of nitrogens with zero attached hydrogens (tertiary/aromatic N) is 1. The lowest BCUT2D eigenvalue weighted by molar-refractivity contribution is -0.144. The molecule has 3 unspecified atom stereocenters. The smallest absolute Gasteiger partial charge is 0.326 e. The molecule has 7 nitrogen and oxygen atoms in total. The van der Waals surface area contributed by atoms with E-state index in [1.165, 1.54) is 12.5 Å². The molecule has 104 valence electrons. The molecule has 3 atom stereocenters. The minimum atomic E-state index is -1.08. The largest absolute Gasteiger partial charge is 0.480 e. The molecule has 1 aromatic rings. The SMILES string of the molecule is CC1CCC(C(=O)NC(Cc2cnc[nH]2)C(=O)O)O1. The van der Waals surface area contributed by atoms with Crippen molar-refractivity contribution < 1.29 is 19.4 Å². The van der Waals surface area contributed by atoms with Crippen LogP contribution in [0.1, 0.15) is 25.5 Å². The first-order chi connectivity index (χ1) is 9.06. The first-order valence-corrected chi connectivity index (χ1v) is 6.22. The normalized spacial score (nSPS) is 24.1. The van der Waals surface area contributed by atoms with E-state index in [4.69, 9.17) is 9.84 Å². The van der Waals surface area contributed by atoms with E-state index in [2.05, 4.69) is 15.3 Å². The highest BCUT2D eigenvalue weighted by atomic mass is 16.5. The highest BCUT2D eigenvalue weighted by Gasteiger charge is 2.31. The highest BCUT2D eigenvalue weighted by Crippen LogP contribution is 2.19. The molecule has 0 bridgehead atoms. The quantitative estimate of drug-likeness (QED) is 0.701. The predicted molar refractivity (Wildman–Crippen MR) is 65.4 cm³/mol. The van der Waals surface area contributed by atoms with Crippen LogP contribution in [-0.2, 0) is 20.7 Å². The van der Waals surface area contributed by atoms with Gasteiger partial charge in [0.25, 0.3) is 0 Å². The molecule has 7 heteroatoms. The number of rotatable bonds is 5. The maximum absolute atomic E-state index is 11.9. The number of hydrogen-bond donors (Lipinski definition) is 3. The molecule has 1 amide bonds. The molecule has 0 saturated carbocycles. The molecule has 0 aromatic carbocycles. The van der Waals surface area contributed by atoms with E-state index in [1.54, 1.807) is 0 Å². The van der Waals surface area contributed by atoms with Crippen LogP contribution in [0.4, 0.5) is 0 Å². The van der Waals surface area contributed by atoms with Gasteiger partial charge in [0.1, 0.15) is 12.1 Å². The minimum Gasteiger partial charge on any atom is -0.480 e. The zero-order valence-corrected chi connectivity index (χ0v) is 10.6. The van der Waals surface area contributed by atoms with Crippen LogP contribution >= 0.6 is 0 Å². The van der Waals surface area contributed by atoms with Gasteiger partial charge < -0.3 is 20.1 Å².